The summed E-state index contributed by atoms with van der Waals surface area (Å²) in [6.45, 7) is 5.13. The van der Waals surface area contributed by atoms with E-state index < -0.39 is 5.97 Å². The second-order valence-electron chi connectivity index (χ2n) is 4.53. The number of likely N-dealkylation sites (N-methyl/N-ethyl adjacent to an activating group) is 1. The first-order chi connectivity index (χ1) is 7.60. The molecule has 0 aliphatic carbocycles. The Morgan fingerprint density at radius 2 is 2.25 bits per heavy atom. The van der Waals surface area contributed by atoms with Gasteiger partial charge in [0, 0.05) is 32.2 Å². The molecule has 5 heteroatoms. The van der Waals surface area contributed by atoms with Crippen molar-refractivity contribution in [3.8, 4) is 0 Å². The topological polar surface area (TPSA) is 69.8 Å². The fourth-order valence-corrected chi connectivity index (χ4v) is 2.35. The lowest BCUT2D eigenvalue weighted by Crippen LogP contribution is -2.59. The lowest BCUT2D eigenvalue weighted by atomic mass is 10.0. The lowest BCUT2D eigenvalue weighted by molar-refractivity contribution is -0.145. The minimum atomic E-state index is -0.718. The number of carboxylic acids is 1. The number of piperazine rings is 1. The second-order valence-corrected chi connectivity index (χ2v) is 4.53. The van der Waals surface area contributed by atoms with Crippen LogP contribution in [-0.2, 0) is 4.79 Å². The number of hydrogen-bond acceptors (Lipinski definition) is 4. The fraction of sp³-hybridized carbons (Fsp3) is 0.909. The Morgan fingerprint density at radius 1 is 1.56 bits per heavy atom. The van der Waals surface area contributed by atoms with Gasteiger partial charge in [-0.15, -0.1) is 0 Å². The van der Waals surface area contributed by atoms with E-state index in [0.29, 0.717) is 13.0 Å². The molecular formula is C11H23N3O2. The van der Waals surface area contributed by atoms with Crippen LogP contribution in [0.15, 0.2) is 0 Å². The van der Waals surface area contributed by atoms with E-state index in [9.17, 15) is 9.90 Å². The zero-order valence-electron chi connectivity index (χ0n) is 10.2. The molecule has 1 rings (SSSR count). The Balaban J connectivity index is 2.70. The monoisotopic (exact) mass is 229 g/mol. The molecule has 5 nitrogen and oxygen atoms in total. The van der Waals surface area contributed by atoms with Crippen molar-refractivity contribution in [2.24, 2.45) is 5.73 Å². The van der Waals surface area contributed by atoms with Crippen LogP contribution in [0.2, 0.25) is 0 Å². The summed E-state index contributed by atoms with van der Waals surface area (Å²) in [6, 6.07) is -0.196. The molecule has 2 unspecified atom stereocenters. The first-order valence-electron chi connectivity index (χ1n) is 5.97. The van der Waals surface area contributed by atoms with Crippen molar-refractivity contribution in [3.63, 3.8) is 0 Å². The molecule has 1 saturated heterocycles. The summed E-state index contributed by atoms with van der Waals surface area (Å²) in [5.41, 5.74) is 5.73. The Morgan fingerprint density at radius 3 is 2.75 bits per heavy atom. The third-order valence-corrected chi connectivity index (χ3v) is 3.25. The lowest BCUT2D eigenvalue weighted by Gasteiger charge is -2.42. The summed E-state index contributed by atoms with van der Waals surface area (Å²) in [4.78, 5) is 15.5. The third kappa shape index (κ3) is 3.17. The average molecular weight is 229 g/mol. The van der Waals surface area contributed by atoms with Gasteiger partial charge in [0.15, 0.2) is 0 Å². The Bertz CT molecular complexity index is 235. The highest BCUT2D eigenvalue weighted by molar-refractivity contribution is 5.73. The van der Waals surface area contributed by atoms with Crippen LogP contribution in [0.4, 0.5) is 0 Å². The molecule has 1 heterocycles. The zero-order chi connectivity index (χ0) is 12.1. The molecule has 1 aliphatic heterocycles. The van der Waals surface area contributed by atoms with Gasteiger partial charge < -0.3 is 15.7 Å². The Labute approximate surface area is 97.2 Å². The van der Waals surface area contributed by atoms with Crippen molar-refractivity contribution in [1.29, 1.82) is 0 Å². The first-order valence-corrected chi connectivity index (χ1v) is 5.97. The van der Waals surface area contributed by atoms with Crippen molar-refractivity contribution >= 4 is 5.97 Å². The summed E-state index contributed by atoms with van der Waals surface area (Å²) in [7, 11) is 2.05. The van der Waals surface area contributed by atoms with Gasteiger partial charge in [0.2, 0.25) is 0 Å². The van der Waals surface area contributed by atoms with Gasteiger partial charge >= 0.3 is 5.97 Å². The third-order valence-electron chi connectivity index (χ3n) is 3.25. The quantitative estimate of drug-likeness (QED) is 0.684. The summed E-state index contributed by atoms with van der Waals surface area (Å²) in [5, 5.41) is 9.24. The minimum Gasteiger partial charge on any atom is -0.480 e. The van der Waals surface area contributed by atoms with E-state index in [-0.39, 0.29) is 12.1 Å². The van der Waals surface area contributed by atoms with Gasteiger partial charge in [0.1, 0.15) is 6.04 Å². The predicted molar refractivity (Wildman–Crippen MR) is 63.4 cm³/mol. The van der Waals surface area contributed by atoms with Crippen LogP contribution in [-0.4, -0.2) is 66.2 Å². The van der Waals surface area contributed by atoms with Gasteiger partial charge in [-0.1, -0.05) is 13.3 Å². The summed E-state index contributed by atoms with van der Waals surface area (Å²) >= 11 is 0. The van der Waals surface area contributed by atoms with Crippen molar-refractivity contribution in [1.82, 2.24) is 9.80 Å². The van der Waals surface area contributed by atoms with Crippen molar-refractivity contribution < 1.29 is 9.90 Å². The maximum atomic E-state index is 11.2. The first kappa shape index (κ1) is 13.4. The molecule has 0 spiro atoms. The SMILES string of the molecule is CCCC(C(=O)O)N1CCN(C)CC1CN. The zero-order valence-corrected chi connectivity index (χ0v) is 10.2. The number of hydrogen-bond donors (Lipinski definition) is 2. The maximum Gasteiger partial charge on any atom is 0.320 e. The van der Waals surface area contributed by atoms with Gasteiger partial charge in [-0.3, -0.25) is 9.69 Å². The molecule has 2 atom stereocenters. The summed E-state index contributed by atoms with van der Waals surface area (Å²) in [5.74, 6) is -0.718. The molecule has 0 amide bonds. The number of rotatable bonds is 5. The van der Waals surface area contributed by atoms with E-state index in [1.807, 2.05) is 6.92 Å². The smallest absolute Gasteiger partial charge is 0.320 e. The minimum absolute atomic E-state index is 0.173. The van der Waals surface area contributed by atoms with E-state index >= 15 is 0 Å². The standard InChI is InChI=1S/C11H23N3O2/c1-3-4-10(11(15)16)14-6-5-13(2)8-9(14)7-12/h9-10H,3-8,12H2,1-2H3,(H,15,16). The molecule has 0 radical (unpaired) electrons. The van der Waals surface area contributed by atoms with Crippen LogP contribution in [0, 0.1) is 0 Å². The average Bonchev–Trinajstić information content (AvgIpc) is 2.26. The van der Waals surface area contributed by atoms with Gasteiger partial charge in [0.05, 0.1) is 0 Å². The van der Waals surface area contributed by atoms with Gasteiger partial charge in [-0.05, 0) is 13.5 Å². The number of nitrogens with two attached hydrogens (primary N) is 1. The molecule has 0 bridgehead atoms. The molecule has 0 aromatic carbocycles. The molecule has 1 aliphatic rings. The molecule has 0 aromatic rings. The van der Waals surface area contributed by atoms with Crippen LogP contribution in [0.1, 0.15) is 19.8 Å². The predicted octanol–water partition coefficient (Wildman–Crippen LogP) is -0.186. The highest BCUT2D eigenvalue weighted by Gasteiger charge is 2.33. The number of carbonyl (C=O) groups is 1. The largest absolute Gasteiger partial charge is 0.480 e. The van der Waals surface area contributed by atoms with E-state index in [2.05, 4.69) is 16.8 Å². The Hall–Kier alpha value is -0.650. The van der Waals surface area contributed by atoms with Crippen molar-refractivity contribution in [2.45, 2.75) is 31.8 Å². The molecule has 94 valence electrons. The van der Waals surface area contributed by atoms with E-state index in [0.717, 1.165) is 26.1 Å². The Kier molecular flexibility index (Phi) is 5.18. The summed E-state index contributed by atoms with van der Waals surface area (Å²) in [6.07, 6.45) is 1.59. The van der Waals surface area contributed by atoms with Crippen LogP contribution in [0.3, 0.4) is 0 Å². The van der Waals surface area contributed by atoms with Crippen LogP contribution in [0.5, 0.6) is 0 Å². The van der Waals surface area contributed by atoms with Gasteiger partial charge in [0.25, 0.3) is 0 Å². The molecule has 1 fully saturated rings. The molecule has 0 saturated carbocycles. The second kappa shape index (κ2) is 6.18. The van der Waals surface area contributed by atoms with Crippen LogP contribution < -0.4 is 5.73 Å². The highest BCUT2D eigenvalue weighted by atomic mass is 16.4. The van der Waals surface area contributed by atoms with E-state index in [1.54, 1.807) is 0 Å². The number of nitrogens with zero attached hydrogens (tertiary/aromatic N) is 2. The van der Waals surface area contributed by atoms with E-state index in [1.165, 1.54) is 0 Å². The number of carboxylic acid groups (broad SMARTS) is 1. The van der Waals surface area contributed by atoms with E-state index in [4.69, 9.17) is 5.73 Å². The molecule has 0 aromatic heterocycles. The fourth-order valence-electron chi connectivity index (χ4n) is 2.35. The molecule has 16 heavy (non-hydrogen) atoms. The van der Waals surface area contributed by atoms with Crippen LogP contribution >= 0.6 is 0 Å². The normalized spacial score (nSPS) is 25.6. The van der Waals surface area contributed by atoms with Gasteiger partial charge in [-0.2, -0.15) is 0 Å². The van der Waals surface area contributed by atoms with Crippen molar-refractivity contribution in [3.05, 3.63) is 0 Å². The maximum absolute atomic E-state index is 11.2. The highest BCUT2D eigenvalue weighted by Crippen LogP contribution is 2.15. The van der Waals surface area contributed by atoms with Crippen molar-refractivity contribution in [2.75, 3.05) is 33.2 Å². The molecular weight excluding hydrogens is 206 g/mol. The summed E-state index contributed by atoms with van der Waals surface area (Å²) < 4.78 is 0. The number of aliphatic carboxylic acids is 1. The van der Waals surface area contributed by atoms with Gasteiger partial charge in [-0.25, -0.2) is 0 Å². The molecule has 3 N–H and O–H groups in total. The van der Waals surface area contributed by atoms with Crippen LogP contribution in [0.25, 0.3) is 0 Å².